The summed E-state index contributed by atoms with van der Waals surface area (Å²) in [5.41, 5.74) is 5.96. The van der Waals surface area contributed by atoms with Crippen molar-refractivity contribution in [1.82, 2.24) is 16.2 Å². The fraction of sp³-hybridized carbons (Fsp3) is 0.286. The largest absolute Gasteiger partial charge is 0.492 e. The third-order valence-corrected chi connectivity index (χ3v) is 4.73. The molecule has 0 unspecified atom stereocenters. The van der Waals surface area contributed by atoms with Crippen LogP contribution in [0.3, 0.4) is 0 Å². The standard InChI is InChI=1S/C21H23BrClN3O4S/c1-12(2)10-29-18-6-4-14(22)9-16(18)20(28)24-21(31)26-25-19(27)11-30-17-7-5-15(23)8-13(17)3/h4-9,12H,10-11H2,1-3H3,(H,25,27)(H2,24,26,28,31). The fourth-order valence-corrected chi connectivity index (χ4v) is 3.08. The van der Waals surface area contributed by atoms with E-state index in [0.29, 0.717) is 34.6 Å². The quantitative estimate of drug-likeness (QED) is 0.369. The van der Waals surface area contributed by atoms with Gasteiger partial charge in [0.15, 0.2) is 11.7 Å². The van der Waals surface area contributed by atoms with Crippen molar-refractivity contribution < 1.29 is 19.1 Å². The van der Waals surface area contributed by atoms with E-state index in [1.807, 2.05) is 20.8 Å². The van der Waals surface area contributed by atoms with Crippen LogP contribution >= 0.6 is 39.7 Å². The first-order valence-electron chi connectivity index (χ1n) is 9.37. The van der Waals surface area contributed by atoms with E-state index in [9.17, 15) is 9.59 Å². The van der Waals surface area contributed by atoms with E-state index >= 15 is 0 Å². The zero-order valence-corrected chi connectivity index (χ0v) is 20.4. The Morgan fingerprint density at radius 3 is 2.48 bits per heavy atom. The molecule has 2 amide bonds. The molecule has 0 fully saturated rings. The highest BCUT2D eigenvalue weighted by atomic mass is 79.9. The topological polar surface area (TPSA) is 88.7 Å². The highest BCUT2D eigenvalue weighted by Crippen LogP contribution is 2.24. The van der Waals surface area contributed by atoms with Crippen LogP contribution in [-0.2, 0) is 4.79 Å². The first-order valence-corrected chi connectivity index (χ1v) is 10.9. The van der Waals surface area contributed by atoms with Gasteiger partial charge in [0.05, 0.1) is 12.2 Å². The van der Waals surface area contributed by atoms with Crippen LogP contribution in [-0.4, -0.2) is 30.1 Å². The molecule has 166 valence electrons. The zero-order chi connectivity index (χ0) is 23.0. The van der Waals surface area contributed by atoms with Gasteiger partial charge in [-0.3, -0.25) is 25.8 Å². The van der Waals surface area contributed by atoms with Gasteiger partial charge in [-0.25, -0.2) is 0 Å². The lowest BCUT2D eigenvalue weighted by Gasteiger charge is -2.15. The lowest BCUT2D eigenvalue weighted by Crippen LogP contribution is -2.49. The van der Waals surface area contributed by atoms with Crippen molar-refractivity contribution in [3.8, 4) is 11.5 Å². The molecule has 3 N–H and O–H groups in total. The van der Waals surface area contributed by atoms with Gasteiger partial charge >= 0.3 is 0 Å². The molecular formula is C21H23BrClN3O4S. The van der Waals surface area contributed by atoms with Crippen molar-refractivity contribution in [2.45, 2.75) is 20.8 Å². The molecule has 0 atom stereocenters. The number of rotatable bonds is 7. The number of ether oxygens (including phenoxy) is 2. The third kappa shape index (κ3) is 8.35. The number of thiocarbonyl (C=S) groups is 1. The SMILES string of the molecule is Cc1cc(Cl)ccc1OCC(=O)NNC(=S)NC(=O)c1cc(Br)ccc1OCC(C)C. The number of carbonyl (C=O) groups is 2. The van der Waals surface area contributed by atoms with Crippen molar-refractivity contribution in [3.63, 3.8) is 0 Å². The molecule has 0 heterocycles. The number of hydrogen-bond acceptors (Lipinski definition) is 5. The highest BCUT2D eigenvalue weighted by Gasteiger charge is 2.16. The van der Waals surface area contributed by atoms with Crippen molar-refractivity contribution in [3.05, 3.63) is 57.0 Å². The van der Waals surface area contributed by atoms with Crippen LogP contribution in [0, 0.1) is 12.8 Å². The second kappa shape index (κ2) is 11.9. The average Bonchev–Trinajstić information content (AvgIpc) is 2.70. The molecule has 2 aromatic rings. The molecule has 0 radical (unpaired) electrons. The molecule has 0 aliphatic heterocycles. The van der Waals surface area contributed by atoms with Crippen molar-refractivity contribution in [1.29, 1.82) is 0 Å². The number of carbonyl (C=O) groups excluding carboxylic acids is 2. The Labute approximate surface area is 199 Å². The Morgan fingerprint density at radius 2 is 1.81 bits per heavy atom. The Balaban J connectivity index is 1.86. The number of amides is 2. The second-order valence-corrected chi connectivity index (χ2v) is 8.76. The normalized spacial score (nSPS) is 10.4. The van der Waals surface area contributed by atoms with Crippen LogP contribution in [0.1, 0.15) is 29.8 Å². The van der Waals surface area contributed by atoms with Gasteiger partial charge in [0.2, 0.25) is 0 Å². The minimum Gasteiger partial charge on any atom is -0.492 e. The molecule has 0 aliphatic rings. The molecule has 0 aromatic heterocycles. The van der Waals surface area contributed by atoms with E-state index in [0.717, 1.165) is 10.0 Å². The summed E-state index contributed by atoms with van der Waals surface area (Å²) in [6.07, 6.45) is 0. The number of benzene rings is 2. The van der Waals surface area contributed by atoms with Gasteiger partial charge in [-0.15, -0.1) is 0 Å². The fourth-order valence-electron chi connectivity index (χ4n) is 2.34. The molecule has 0 spiro atoms. The van der Waals surface area contributed by atoms with Crippen LogP contribution in [0.2, 0.25) is 5.02 Å². The van der Waals surface area contributed by atoms with Crippen molar-refractivity contribution >= 4 is 56.7 Å². The monoisotopic (exact) mass is 527 g/mol. The molecule has 0 bridgehead atoms. The molecule has 31 heavy (non-hydrogen) atoms. The summed E-state index contributed by atoms with van der Waals surface area (Å²) in [5.74, 6) is 0.331. The average molecular weight is 529 g/mol. The smallest absolute Gasteiger partial charge is 0.276 e. The van der Waals surface area contributed by atoms with Crippen LogP contribution in [0.25, 0.3) is 0 Å². The van der Waals surface area contributed by atoms with E-state index < -0.39 is 11.8 Å². The maximum absolute atomic E-state index is 12.6. The minimum absolute atomic E-state index is 0.0733. The van der Waals surface area contributed by atoms with E-state index in [1.54, 1.807) is 36.4 Å². The Hall–Kier alpha value is -2.36. The molecule has 0 aliphatic carbocycles. The first-order chi connectivity index (χ1) is 14.7. The maximum Gasteiger partial charge on any atom is 0.276 e. The highest BCUT2D eigenvalue weighted by molar-refractivity contribution is 9.10. The van der Waals surface area contributed by atoms with E-state index in [-0.39, 0.29) is 11.7 Å². The second-order valence-electron chi connectivity index (χ2n) is 7.00. The summed E-state index contributed by atoms with van der Waals surface area (Å²) in [6, 6.07) is 10.2. The molecule has 10 heteroatoms. The predicted octanol–water partition coefficient (Wildman–Crippen LogP) is 4.16. The van der Waals surface area contributed by atoms with E-state index in [4.69, 9.17) is 33.3 Å². The lowest BCUT2D eigenvalue weighted by atomic mass is 10.2. The Bertz CT molecular complexity index is 972. The summed E-state index contributed by atoms with van der Waals surface area (Å²) < 4.78 is 11.9. The van der Waals surface area contributed by atoms with Gasteiger partial charge in [0.1, 0.15) is 11.5 Å². The molecule has 2 rings (SSSR count). The molecule has 7 nitrogen and oxygen atoms in total. The Kier molecular flexibility index (Phi) is 9.54. The van der Waals surface area contributed by atoms with Crippen LogP contribution < -0.4 is 25.6 Å². The summed E-state index contributed by atoms with van der Waals surface area (Å²) >= 11 is 14.3. The van der Waals surface area contributed by atoms with E-state index in [2.05, 4.69) is 32.1 Å². The summed E-state index contributed by atoms with van der Waals surface area (Å²) in [5, 5.41) is 3.02. The van der Waals surface area contributed by atoms with Gasteiger partial charge in [-0.2, -0.15) is 0 Å². The molecule has 0 saturated carbocycles. The molecule has 2 aromatic carbocycles. The van der Waals surface area contributed by atoms with Crippen molar-refractivity contribution in [2.24, 2.45) is 5.92 Å². The van der Waals surface area contributed by atoms with E-state index in [1.165, 1.54) is 0 Å². The van der Waals surface area contributed by atoms with Gasteiger partial charge in [-0.1, -0.05) is 41.4 Å². The Morgan fingerprint density at radius 1 is 1.10 bits per heavy atom. The summed E-state index contributed by atoms with van der Waals surface area (Å²) in [7, 11) is 0. The van der Waals surface area contributed by atoms with Gasteiger partial charge in [-0.05, 0) is 67.0 Å². The number of aryl methyl sites for hydroxylation is 1. The summed E-state index contributed by atoms with van der Waals surface area (Å²) in [6.45, 7) is 6.07. The maximum atomic E-state index is 12.6. The number of hydrogen-bond donors (Lipinski definition) is 3. The van der Waals surface area contributed by atoms with Crippen LogP contribution in [0.15, 0.2) is 40.9 Å². The number of nitrogens with one attached hydrogen (secondary N) is 3. The van der Waals surface area contributed by atoms with Gasteiger partial charge in [0.25, 0.3) is 11.8 Å². The minimum atomic E-state index is -0.477. The van der Waals surface area contributed by atoms with Crippen LogP contribution in [0.4, 0.5) is 0 Å². The third-order valence-electron chi connectivity index (χ3n) is 3.80. The first kappa shape index (κ1) is 24.9. The number of halogens is 2. The van der Waals surface area contributed by atoms with Gasteiger partial charge in [0, 0.05) is 9.50 Å². The number of hydrazine groups is 1. The van der Waals surface area contributed by atoms with Crippen LogP contribution in [0.5, 0.6) is 11.5 Å². The van der Waals surface area contributed by atoms with Gasteiger partial charge < -0.3 is 9.47 Å². The predicted molar refractivity (Wildman–Crippen MR) is 128 cm³/mol. The van der Waals surface area contributed by atoms with Crippen molar-refractivity contribution in [2.75, 3.05) is 13.2 Å². The summed E-state index contributed by atoms with van der Waals surface area (Å²) in [4.78, 5) is 24.6. The molecule has 0 saturated heterocycles. The zero-order valence-electron chi connectivity index (χ0n) is 17.3. The lowest BCUT2D eigenvalue weighted by molar-refractivity contribution is -0.123. The molecular weight excluding hydrogens is 506 g/mol.